The summed E-state index contributed by atoms with van der Waals surface area (Å²) in [7, 11) is -2.31. The van der Waals surface area contributed by atoms with Crippen molar-refractivity contribution in [2.24, 2.45) is 0 Å². The van der Waals surface area contributed by atoms with Crippen molar-refractivity contribution in [1.82, 2.24) is 4.31 Å². The average Bonchev–Trinajstić information content (AvgIpc) is 2.60. The number of halogens is 1. The molecule has 1 heterocycles. The third kappa shape index (κ3) is 4.60. The Morgan fingerprint density at radius 3 is 2.71 bits per heavy atom. The van der Waals surface area contributed by atoms with Gasteiger partial charge in [-0.2, -0.15) is 4.31 Å². The van der Waals surface area contributed by atoms with Crippen LogP contribution in [0.4, 0.5) is 5.69 Å². The number of benzene rings is 1. The highest BCUT2D eigenvalue weighted by Crippen LogP contribution is 2.30. The number of morpholine rings is 1. The monoisotopic (exact) mass is 376 g/mol. The molecule has 1 fully saturated rings. The van der Waals surface area contributed by atoms with E-state index in [0.29, 0.717) is 31.2 Å². The number of hydrogen-bond acceptors (Lipinski definition) is 5. The molecule has 9 heteroatoms. The summed E-state index contributed by atoms with van der Waals surface area (Å²) < 4.78 is 37.4. The largest absolute Gasteiger partial charge is 0.495 e. The molecule has 2 rings (SSSR count). The second-order valence-electron chi connectivity index (χ2n) is 5.22. The molecule has 1 saturated heterocycles. The number of sulfonamides is 1. The van der Waals surface area contributed by atoms with Crippen LogP contribution in [0, 0.1) is 0 Å². The normalized spacial score (nSPS) is 15.9. The Balaban J connectivity index is 2.26. The summed E-state index contributed by atoms with van der Waals surface area (Å²) in [5, 5.41) is 2.68. The molecule has 0 aliphatic carbocycles. The van der Waals surface area contributed by atoms with Gasteiger partial charge in [-0.1, -0.05) is 0 Å². The van der Waals surface area contributed by atoms with Crippen molar-refractivity contribution in [2.45, 2.75) is 17.7 Å². The SMILES string of the molecule is COc1ccc(NC(=O)CCCCl)cc1S(=O)(=O)N1CCOCC1. The van der Waals surface area contributed by atoms with Crippen LogP contribution in [0.15, 0.2) is 23.1 Å². The number of alkyl halides is 1. The van der Waals surface area contributed by atoms with E-state index in [2.05, 4.69) is 5.32 Å². The Labute approximate surface area is 146 Å². The Hall–Kier alpha value is -1.35. The molecule has 1 N–H and O–H groups in total. The van der Waals surface area contributed by atoms with E-state index < -0.39 is 10.0 Å². The van der Waals surface area contributed by atoms with Crippen molar-refractivity contribution < 1.29 is 22.7 Å². The molecule has 1 aliphatic heterocycles. The first-order valence-electron chi connectivity index (χ1n) is 7.61. The van der Waals surface area contributed by atoms with E-state index in [4.69, 9.17) is 21.1 Å². The van der Waals surface area contributed by atoms with Crippen LogP contribution in [0.2, 0.25) is 0 Å². The van der Waals surface area contributed by atoms with E-state index in [1.54, 1.807) is 6.07 Å². The number of carbonyl (C=O) groups is 1. The second kappa shape index (κ2) is 8.66. The van der Waals surface area contributed by atoms with Crippen molar-refractivity contribution in [2.75, 3.05) is 44.6 Å². The van der Waals surface area contributed by atoms with E-state index >= 15 is 0 Å². The molecular formula is C15H21ClN2O5S. The van der Waals surface area contributed by atoms with Crippen LogP contribution < -0.4 is 10.1 Å². The maximum Gasteiger partial charge on any atom is 0.246 e. The number of methoxy groups -OCH3 is 1. The van der Waals surface area contributed by atoms with Gasteiger partial charge in [0.2, 0.25) is 15.9 Å². The zero-order valence-corrected chi connectivity index (χ0v) is 15.0. The van der Waals surface area contributed by atoms with Gasteiger partial charge in [-0.25, -0.2) is 8.42 Å². The van der Waals surface area contributed by atoms with E-state index in [1.165, 1.54) is 23.5 Å². The number of carbonyl (C=O) groups excluding carboxylic acids is 1. The first kappa shape index (κ1) is 19.0. The molecule has 0 atom stereocenters. The lowest BCUT2D eigenvalue weighted by molar-refractivity contribution is -0.116. The van der Waals surface area contributed by atoms with Gasteiger partial charge in [-0.15, -0.1) is 11.6 Å². The van der Waals surface area contributed by atoms with Crippen LogP contribution in [-0.4, -0.2) is 57.9 Å². The van der Waals surface area contributed by atoms with Gasteiger partial charge in [0, 0.05) is 31.1 Å². The molecule has 0 radical (unpaired) electrons. The van der Waals surface area contributed by atoms with Gasteiger partial charge in [0.15, 0.2) is 0 Å². The van der Waals surface area contributed by atoms with Gasteiger partial charge in [0.25, 0.3) is 0 Å². The standard InChI is InChI=1S/C15H21ClN2O5S/c1-22-13-5-4-12(17-15(19)3-2-6-16)11-14(13)24(20,21)18-7-9-23-10-8-18/h4-5,11H,2-3,6-10H2,1H3,(H,17,19). The second-order valence-corrected chi connectivity index (χ2v) is 7.51. The molecule has 24 heavy (non-hydrogen) atoms. The number of nitrogens with zero attached hydrogens (tertiary/aromatic N) is 1. The van der Waals surface area contributed by atoms with Crippen LogP contribution in [0.1, 0.15) is 12.8 Å². The van der Waals surface area contributed by atoms with Crippen molar-refractivity contribution in [3.05, 3.63) is 18.2 Å². The van der Waals surface area contributed by atoms with Gasteiger partial charge in [-0.3, -0.25) is 4.79 Å². The first-order chi connectivity index (χ1) is 11.5. The van der Waals surface area contributed by atoms with Gasteiger partial charge in [-0.05, 0) is 24.6 Å². The molecule has 1 amide bonds. The van der Waals surface area contributed by atoms with Gasteiger partial charge >= 0.3 is 0 Å². The average molecular weight is 377 g/mol. The molecule has 0 aromatic heterocycles. The number of rotatable bonds is 7. The Kier molecular flexibility index (Phi) is 6.85. The number of nitrogens with one attached hydrogen (secondary N) is 1. The molecule has 0 spiro atoms. The van der Waals surface area contributed by atoms with Crippen LogP contribution in [-0.2, 0) is 19.6 Å². The molecule has 1 aromatic carbocycles. The molecule has 0 bridgehead atoms. The highest BCUT2D eigenvalue weighted by Gasteiger charge is 2.29. The van der Waals surface area contributed by atoms with Crippen molar-refractivity contribution in [3.63, 3.8) is 0 Å². The van der Waals surface area contributed by atoms with Crippen LogP contribution >= 0.6 is 11.6 Å². The van der Waals surface area contributed by atoms with Crippen LogP contribution in [0.5, 0.6) is 5.75 Å². The molecular weight excluding hydrogens is 356 g/mol. The van der Waals surface area contributed by atoms with Gasteiger partial charge < -0.3 is 14.8 Å². The van der Waals surface area contributed by atoms with E-state index in [9.17, 15) is 13.2 Å². The highest BCUT2D eigenvalue weighted by atomic mass is 35.5. The third-order valence-electron chi connectivity index (χ3n) is 3.57. The minimum Gasteiger partial charge on any atom is -0.495 e. The first-order valence-corrected chi connectivity index (χ1v) is 9.58. The molecule has 7 nitrogen and oxygen atoms in total. The molecule has 0 saturated carbocycles. The summed E-state index contributed by atoms with van der Waals surface area (Å²) in [6, 6.07) is 4.56. The Bertz CT molecular complexity index is 674. The fourth-order valence-corrected chi connectivity index (χ4v) is 4.06. The summed E-state index contributed by atoms with van der Waals surface area (Å²) in [5.74, 6) is 0.419. The van der Waals surface area contributed by atoms with E-state index in [1.807, 2.05) is 0 Å². The lowest BCUT2D eigenvalue weighted by atomic mass is 10.2. The molecule has 1 aromatic rings. The number of ether oxygens (including phenoxy) is 2. The number of amides is 1. The minimum atomic E-state index is -3.72. The fraction of sp³-hybridized carbons (Fsp3) is 0.533. The van der Waals surface area contributed by atoms with E-state index in [0.717, 1.165) is 0 Å². The zero-order chi connectivity index (χ0) is 17.6. The smallest absolute Gasteiger partial charge is 0.246 e. The lowest BCUT2D eigenvalue weighted by Gasteiger charge is -2.26. The molecule has 0 unspecified atom stereocenters. The lowest BCUT2D eigenvalue weighted by Crippen LogP contribution is -2.40. The van der Waals surface area contributed by atoms with Crippen molar-refractivity contribution in [3.8, 4) is 5.75 Å². The number of hydrogen-bond donors (Lipinski definition) is 1. The van der Waals surface area contributed by atoms with Crippen LogP contribution in [0.3, 0.4) is 0 Å². The summed E-state index contributed by atoms with van der Waals surface area (Å²) in [6.07, 6.45) is 0.837. The van der Waals surface area contributed by atoms with Gasteiger partial charge in [0.1, 0.15) is 10.6 Å². The fourth-order valence-electron chi connectivity index (χ4n) is 2.33. The highest BCUT2D eigenvalue weighted by molar-refractivity contribution is 7.89. The maximum atomic E-state index is 12.8. The van der Waals surface area contributed by atoms with Crippen LogP contribution in [0.25, 0.3) is 0 Å². The van der Waals surface area contributed by atoms with Crippen molar-refractivity contribution >= 4 is 33.2 Å². The summed E-state index contributed by atoms with van der Waals surface area (Å²) in [6.45, 7) is 1.29. The maximum absolute atomic E-state index is 12.8. The Morgan fingerprint density at radius 1 is 1.38 bits per heavy atom. The van der Waals surface area contributed by atoms with Gasteiger partial charge in [0.05, 0.1) is 20.3 Å². The van der Waals surface area contributed by atoms with E-state index in [-0.39, 0.29) is 36.1 Å². The molecule has 1 aliphatic rings. The summed E-state index contributed by atoms with van der Waals surface area (Å²) >= 11 is 5.57. The zero-order valence-electron chi connectivity index (χ0n) is 13.5. The Morgan fingerprint density at radius 2 is 2.08 bits per heavy atom. The summed E-state index contributed by atoms with van der Waals surface area (Å²) in [5.41, 5.74) is 0.405. The third-order valence-corrected chi connectivity index (χ3v) is 5.76. The minimum absolute atomic E-state index is 0.0297. The quantitative estimate of drug-likeness (QED) is 0.732. The molecule has 134 valence electrons. The number of anilines is 1. The van der Waals surface area contributed by atoms with Crippen molar-refractivity contribution in [1.29, 1.82) is 0 Å². The predicted molar refractivity (Wildman–Crippen MR) is 91.2 cm³/mol. The topological polar surface area (TPSA) is 84.9 Å². The predicted octanol–water partition coefficient (Wildman–Crippen LogP) is 1.67. The summed E-state index contributed by atoms with van der Waals surface area (Å²) in [4.78, 5) is 11.8.